The number of benzene rings is 1. The Morgan fingerprint density at radius 3 is 2.88 bits per heavy atom. The van der Waals surface area contributed by atoms with Crippen LogP contribution in [0.15, 0.2) is 18.2 Å². The van der Waals surface area contributed by atoms with E-state index in [1.54, 1.807) is 7.11 Å². The Bertz CT molecular complexity index is 573. The Morgan fingerprint density at radius 2 is 2.17 bits per heavy atom. The first-order valence-electron chi connectivity index (χ1n) is 8.38. The molecule has 1 aromatic rings. The molecule has 1 atom stereocenters. The fourth-order valence-corrected chi connectivity index (χ4v) is 3.32. The van der Waals surface area contributed by atoms with Gasteiger partial charge in [-0.2, -0.15) is 0 Å². The van der Waals surface area contributed by atoms with E-state index in [1.807, 2.05) is 18.2 Å². The highest BCUT2D eigenvalue weighted by Crippen LogP contribution is 2.31. The molecule has 6 heteroatoms. The number of ether oxygens (including phenoxy) is 2. The zero-order chi connectivity index (χ0) is 16.3. The summed E-state index contributed by atoms with van der Waals surface area (Å²) in [4.78, 5) is 12.5. The highest BCUT2D eigenvalue weighted by atomic mass is 35.5. The summed E-state index contributed by atoms with van der Waals surface area (Å²) in [6.07, 6.45) is 2.92. The zero-order valence-electron chi connectivity index (χ0n) is 14.4. The fourth-order valence-electron chi connectivity index (χ4n) is 3.32. The van der Waals surface area contributed by atoms with Crippen molar-refractivity contribution < 1.29 is 14.3 Å². The molecular formula is C18H27ClN2O3. The van der Waals surface area contributed by atoms with Gasteiger partial charge in [-0.1, -0.05) is 6.92 Å². The first-order valence-corrected chi connectivity index (χ1v) is 8.38. The van der Waals surface area contributed by atoms with Gasteiger partial charge in [0.15, 0.2) is 0 Å². The molecule has 1 amide bonds. The summed E-state index contributed by atoms with van der Waals surface area (Å²) in [5, 5.41) is 6.51. The van der Waals surface area contributed by atoms with Gasteiger partial charge in [0.05, 0.1) is 13.0 Å². The topological polar surface area (TPSA) is 59.6 Å². The third-order valence-corrected chi connectivity index (χ3v) is 5.04. The molecule has 1 aromatic carbocycles. The van der Waals surface area contributed by atoms with Crippen LogP contribution in [0, 0.1) is 11.3 Å². The molecule has 0 bridgehead atoms. The van der Waals surface area contributed by atoms with Crippen LogP contribution in [0.5, 0.6) is 11.5 Å². The molecule has 0 radical (unpaired) electrons. The first kappa shape index (κ1) is 18.9. The van der Waals surface area contributed by atoms with Crippen molar-refractivity contribution in [1.82, 2.24) is 10.6 Å². The molecule has 3 rings (SSSR count). The van der Waals surface area contributed by atoms with E-state index in [2.05, 4.69) is 17.6 Å². The monoisotopic (exact) mass is 354 g/mol. The maximum Gasteiger partial charge on any atom is 0.226 e. The number of methoxy groups -OCH3 is 1. The number of halogens is 1. The molecule has 2 aliphatic rings. The van der Waals surface area contributed by atoms with Crippen LogP contribution in [0.4, 0.5) is 0 Å². The fraction of sp³-hybridized carbons (Fsp3) is 0.611. The van der Waals surface area contributed by atoms with Gasteiger partial charge in [0.25, 0.3) is 0 Å². The predicted octanol–water partition coefficient (Wildman–Crippen LogP) is 2.17. The number of nitrogens with one attached hydrogen (secondary N) is 2. The van der Waals surface area contributed by atoms with Crippen molar-refractivity contribution in [3.05, 3.63) is 23.8 Å². The van der Waals surface area contributed by atoms with E-state index in [4.69, 9.17) is 9.47 Å². The van der Waals surface area contributed by atoms with Gasteiger partial charge < -0.3 is 20.1 Å². The van der Waals surface area contributed by atoms with Crippen molar-refractivity contribution >= 4 is 18.3 Å². The van der Waals surface area contributed by atoms with Gasteiger partial charge >= 0.3 is 0 Å². The van der Waals surface area contributed by atoms with Crippen LogP contribution in [0.25, 0.3) is 0 Å². The molecule has 0 saturated carbocycles. The second-order valence-corrected chi connectivity index (χ2v) is 6.96. The van der Waals surface area contributed by atoms with Gasteiger partial charge in [0, 0.05) is 6.54 Å². The third-order valence-electron chi connectivity index (χ3n) is 5.04. The van der Waals surface area contributed by atoms with E-state index in [9.17, 15) is 4.79 Å². The summed E-state index contributed by atoms with van der Waals surface area (Å²) in [7, 11) is 1.65. The Balaban J connectivity index is 0.00000208. The molecule has 0 spiro atoms. The first-order chi connectivity index (χ1) is 11.1. The maximum absolute atomic E-state index is 12.5. The van der Waals surface area contributed by atoms with E-state index in [-0.39, 0.29) is 29.6 Å². The summed E-state index contributed by atoms with van der Waals surface area (Å²) in [6, 6.07) is 5.76. The van der Waals surface area contributed by atoms with Gasteiger partial charge in [-0.05, 0) is 61.5 Å². The summed E-state index contributed by atoms with van der Waals surface area (Å²) in [5.41, 5.74) is 1.25. The van der Waals surface area contributed by atoms with Crippen LogP contribution in [0.2, 0.25) is 0 Å². The number of fused-ring (bicyclic) bond motifs is 1. The number of carbonyl (C=O) groups is 1. The van der Waals surface area contributed by atoms with Crippen molar-refractivity contribution in [2.75, 3.05) is 33.4 Å². The van der Waals surface area contributed by atoms with E-state index in [0.29, 0.717) is 13.0 Å². The molecular weight excluding hydrogens is 328 g/mol. The molecule has 5 nitrogen and oxygen atoms in total. The molecule has 2 aliphatic heterocycles. The molecule has 1 fully saturated rings. The average molecular weight is 355 g/mol. The summed E-state index contributed by atoms with van der Waals surface area (Å²) in [6.45, 7) is 5.52. The van der Waals surface area contributed by atoms with Crippen LogP contribution in [0.3, 0.4) is 0 Å². The Hall–Kier alpha value is -1.46. The van der Waals surface area contributed by atoms with Gasteiger partial charge in [-0.3, -0.25) is 4.79 Å². The van der Waals surface area contributed by atoms with Crippen molar-refractivity contribution in [1.29, 1.82) is 0 Å². The average Bonchev–Trinajstić information content (AvgIpc) is 2.59. The Kier molecular flexibility index (Phi) is 6.35. The van der Waals surface area contributed by atoms with Crippen LogP contribution < -0.4 is 20.1 Å². The number of hydrogen-bond donors (Lipinski definition) is 2. The SMILES string of the molecule is COc1ccc2c(c1)CC(C(=O)NCC1(C)CCNCC1)CO2.Cl. The van der Waals surface area contributed by atoms with E-state index in [0.717, 1.165) is 49.5 Å². The van der Waals surface area contributed by atoms with Gasteiger partial charge in [0.1, 0.15) is 18.1 Å². The maximum atomic E-state index is 12.5. The largest absolute Gasteiger partial charge is 0.497 e. The lowest BCUT2D eigenvalue weighted by Crippen LogP contribution is -2.45. The molecule has 2 N–H and O–H groups in total. The summed E-state index contributed by atoms with van der Waals surface area (Å²) in [5.74, 6) is 1.63. The van der Waals surface area contributed by atoms with Crippen molar-refractivity contribution in [2.45, 2.75) is 26.2 Å². The number of piperidine rings is 1. The van der Waals surface area contributed by atoms with Crippen LogP contribution in [0.1, 0.15) is 25.3 Å². The standard InChI is InChI=1S/C18H26N2O3.ClH/c1-18(5-7-19-8-6-18)12-20-17(21)14-9-13-10-15(22-2)3-4-16(13)23-11-14;/h3-4,10,14,19H,5-9,11-12H2,1-2H3,(H,20,21);1H. The molecule has 0 aliphatic carbocycles. The minimum absolute atomic E-state index is 0. The van der Waals surface area contributed by atoms with E-state index < -0.39 is 0 Å². The summed E-state index contributed by atoms with van der Waals surface area (Å²) < 4.78 is 11.0. The van der Waals surface area contributed by atoms with E-state index in [1.165, 1.54) is 0 Å². The van der Waals surface area contributed by atoms with Crippen molar-refractivity contribution in [2.24, 2.45) is 11.3 Å². The van der Waals surface area contributed by atoms with E-state index >= 15 is 0 Å². The molecule has 0 aromatic heterocycles. The van der Waals surface area contributed by atoms with Gasteiger partial charge in [0.2, 0.25) is 5.91 Å². The minimum Gasteiger partial charge on any atom is -0.497 e. The number of hydrogen-bond acceptors (Lipinski definition) is 4. The quantitative estimate of drug-likeness (QED) is 0.870. The normalized spacial score (nSPS) is 21.7. The number of rotatable bonds is 4. The third kappa shape index (κ3) is 4.33. The lowest BCUT2D eigenvalue weighted by atomic mass is 9.81. The lowest BCUT2D eigenvalue weighted by molar-refractivity contribution is -0.126. The van der Waals surface area contributed by atoms with Crippen LogP contribution >= 0.6 is 12.4 Å². The van der Waals surface area contributed by atoms with Crippen LogP contribution in [-0.4, -0.2) is 39.3 Å². The smallest absolute Gasteiger partial charge is 0.226 e. The lowest BCUT2D eigenvalue weighted by Gasteiger charge is -2.35. The second-order valence-electron chi connectivity index (χ2n) is 6.96. The molecule has 24 heavy (non-hydrogen) atoms. The highest BCUT2D eigenvalue weighted by Gasteiger charge is 2.30. The van der Waals surface area contributed by atoms with Gasteiger partial charge in [-0.25, -0.2) is 0 Å². The molecule has 134 valence electrons. The molecule has 1 unspecified atom stereocenters. The van der Waals surface area contributed by atoms with Crippen molar-refractivity contribution in [3.63, 3.8) is 0 Å². The number of amides is 1. The van der Waals surface area contributed by atoms with Crippen molar-refractivity contribution in [3.8, 4) is 11.5 Å². The predicted molar refractivity (Wildman–Crippen MR) is 96.2 cm³/mol. The Labute approximate surface area is 149 Å². The number of carbonyl (C=O) groups excluding carboxylic acids is 1. The second kappa shape index (κ2) is 8.08. The minimum atomic E-state index is -0.125. The summed E-state index contributed by atoms with van der Waals surface area (Å²) >= 11 is 0. The highest BCUT2D eigenvalue weighted by molar-refractivity contribution is 5.85. The van der Waals surface area contributed by atoms with Crippen LogP contribution in [-0.2, 0) is 11.2 Å². The molecule has 1 saturated heterocycles. The molecule has 2 heterocycles. The van der Waals surface area contributed by atoms with Gasteiger partial charge in [-0.15, -0.1) is 12.4 Å². The zero-order valence-corrected chi connectivity index (χ0v) is 15.2. The Morgan fingerprint density at radius 1 is 1.42 bits per heavy atom.